The summed E-state index contributed by atoms with van der Waals surface area (Å²) in [5.74, 6) is -1.29. The first-order valence-electron chi connectivity index (χ1n) is 34.2. The van der Waals surface area contributed by atoms with E-state index in [0.717, 1.165) is 20.4 Å². The monoisotopic (exact) mass is 1690 g/mol. The number of hydrogen-bond donors (Lipinski definition) is 0. The van der Waals surface area contributed by atoms with E-state index in [1.54, 1.807) is 60.6 Å². The molecular weight excluding hydrogens is 1590 g/mol. The molecule has 7 aromatic heterocycles. The van der Waals surface area contributed by atoms with E-state index in [1.165, 1.54) is 162 Å². The molecule has 89 heavy (non-hydrogen) atoms. The van der Waals surface area contributed by atoms with Crippen LogP contribution >= 0.6 is 99.9 Å². The maximum absolute atomic E-state index is 15.7. The van der Waals surface area contributed by atoms with E-state index >= 15 is 8.78 Å². The van der Waals surface area contributed by atoms with E-state index in [2.05, 4.69) is 199 Å². The fourth-order valence-electron chi connectivity index (χ4n) is 14.0. The average Bonchev–Trinajstić information content (AvgIpc) is 1.59. The van der Waals surface area contributed by atoms with Crippen molar-refractivity contribution in [1.82, 2.24) is 15.0 Å². The zero-order chi connectivity index (χ0) is 64.3. The standard InChI is InChI=1S/C36H48S4Si2.C30H37Br2F2N3S2.6CH3.2Sn/c1-7-21-41(22-8-2,23-9-3)31-15-13-29(39-31)33-27-17-19-38-36(27)34(28-18-20-37-35(28)33)30-14-16-32(40-30)42(24-10-4,25-11-5)26-12-6;1-3-5-7-9-10-12-14-20(13-11-8-6-4-2)19-37-35-29-25(21-15-17-23(31)38-21)27(33)28(34)26(30(29)36-37)22-16-18-24(32)39-22;;;;;;;;/h13-18H,7-12,21-26H2,1-6H3;15-18,20H,3-14,19H2,1-2H3;6*1H3;;. The van der Waals surface area contributed by atoms with E-state index < -0.39 is 64.5 Å². The molecule has 9 rings (SSSR count). The third kappa shape index (κ3) is 17.8. The summed E-state index contributed by atoms with van der Waals surface area (Å²) in [6.07, 6.45) is 22.7. The van der Waals surface area contributed by atoms with Crippen LogP contribution in [-0.4, -0.2) is 67.9 Å². The third-order valence-corrected chi connectivity index (χ3v) is 59.0. The Bertz CT molecular complexity index is 3400. The van der Waals surface area contributed by atoms with Crippen molar-refractivity contribution >= 4 is 199 Å². The molecule has 0 aliphatic rings. The molecular formula is C72H103Br2F2N3S6Si2Sn2. The molecule has 0 bridgehead atoms. The van der Waals surface area contributed by atoms with E-state index in [4.69, 9.17) is 10.2 Å². The summed E-state index contributed by atoms with van der Waals surface area (Å²) in [5, 5.41) is 12.8. The molecule has 2 aromatic carbocycles. The van der Waals surface area contributed by atoms with Crippen LogP contribution in [0.5, 0.6) is 0 Å². The van der Waals surface area contributed by atoms with Gasteiger partial charge < -0.3 is 0 Å². The van der Waals surface area contributed by atoms with Gasteiger partial charge in [-0.15, -0.1) is 22.7 Å². The zero-order valence-electron chi connectivity index (χ0n) is 56.3. The van der Waals surface area contributed by atoms with Crippen LogP contribution in [0.1, 0.15) is 171 Å². The third-order valence-electron chi connectivity index (χ3n) is 18.3. The van der Waals surface area contributed by atoms with Gasteiger partial charge in [-0.1, -0.05) is 78.1 Å². The number of halogens is 4. The van der Waals surface area contributed by atoms with Crippen molar-refractivity contribution in [3.63, 3.8) is 0 Å². The van der Waals surface area contributed by atoms with E-state index in [-0.39, 0.29) is 11.1 Å². The maximum atomic E-state index is 15.7. The van der Waals surface area contributed by atoms with E-state index in [0.29, 0.717) is 33.3 Å². The van der Waals surface area contributed by atoms with Crippen LogP contribution in [0, 0.1) is 17.6 Å². The summed E-state index contributed by atoms with van der Waals surface area (Å²) in [4.78, 5) is 21.8. The minimum absolute atomic E-state index is 0.194. The van der Waals surface area contributed by atoms with E-state index in [1.807, 2.05) is 24.3 Å². The first-order chi connectivity index (χ1) is 42.6. The Labute approximate surface area is 586 Å². The minimum atomic E-state index is -2.36. The Balaban J connectivity index is 0.000000237. The topological polar surface area (TPSA) is 30.7 Å². The molecule has 17 heteroatoms. The summed E-state index contributed by atoms with van der Waals surface area (Å²) in [6.45, 7) is 19.7. The summed E-state index contributed by atoms with van der Waals surface area (Å²) in [5.41, 5.74) is 4.42. The molecule has 0 saturated carbocycles. The molecule has 0 aliphatic carbocycles. The molecule has 486 valence electrons. The van der Waals surface area contributed by atoms with E-state index in [9.17, 15) is 0 Å². The Hall–Kier alpha value is -0.589. The molecule has 3 nitrogen and oxygen atoms in total. The van der Waals surface area contributed by atoms with Crippen LogP contribution < -0.4 is 14.8 Å². The van der Waals surface area contributed by atoms with Crippen molar-refractivity contribution in [3.05, 3.63) is 79.9 Å². The summed E-state index contributed by atoms with van der Waals surface area (Å²) < 4.78 is 43.4. The number of thiophene rings is 6. The first-order valence-corrected chi connectivity index (χ1v) is 65.9. The van der Waals surface area contributed by atoms with Crippen molar-refractivity contribution in [2.24, 2.45) is 5.92 Å². The van der Waals surface area contributed by atoms with Crippen LogP contribution in [-0.2, 0) is 6.54 Å². The molecule has 0 fully saturated rings. The van der Waals surface area contributed by atoms with Crippen LogP contribution in [0.4, 0.5) is 8.78 Å². The number of fused-ring (bicyclic) bond motifs is 3. The number of aromatic nitrogens is 3. The Morgan fingerprint density at radius 1 is 0.427 bits per heavy atom. The molecule has 0 amide bonds. The Morgan fingerprint density at radius 2 is 0.764 bits per heavy atom. The molecule has 0 aliphatic heterocycles. The summed E-state index contributed by atoms with van der Waals surface area (Å²) in [6, 6.07) is 31.8. The Kier molecular flexibility index (Phi) is 28.4. The van der Waals surface area contributed by atoms with Gasteiger partial charge in [0.05, 0.1) is 25.2 Å². The van der Waals surface area contributed by atoms with Gasteiger partial charge >= 0.3 is 336 Å². The summed E-state index contributed by atoms with van der Waals surface area (Å²) >= 11 is 13.8. The molecule has 0 radical (unpaired) electrons. The summed E-state index contributed by atoms with van der Waals surface area (Å²) in [7, 11) is -3.03. The number of benzene rings is 2. The molecule has 7 heterocycles. The number of hydrogen-bond acceptors (Lipinski definition) is 8. The predicted molar refractivity (Wildman–Crippen MR) is 421 cm³/mol. The normalized spacial score (nSPS) is 13.0. The van der Waals surface area contributed by atoms with Gasteiger partial charge in [0.15, 0.2) is 11.6 Å². The second kappa shape index (κ2) is 34.1. The van der Waals surface area contributed by atoms with Crippen molar-refractivity contribution in [3.8, 4) is 41.8 Å². The fraction of sp³-hybridized carbons (Fsp3) is 0.556. The fourth-order valence-corrected chi connectivity index (χ4v) is 45.4. The molecule has 0 spiro atoms. The second-order valence-corrected chi connectivity index (χ2v) is 77.6. The van der Waals surface area contributed by atoms with Crippen molar-refractivity contribution < 1.29 is 8.78 Å². The number of nitrogens with zero attached hydrogens (tertiary/aromatic N) is 3. The molecule has 0 saturated heterocycles. The van der Waals surface area contributed by atoms with Crippen molar-refractivity contribution in [2.45, 2.75) is 243 Å². The first kappa shape index (κ1) is 74.2. The van der Waals surface area contributed by atoms with Gasteiger partial charge in [0.2, 0.25) is 0 Å². The van der Waals surface area contributed by atoms with Gasteiger partial charge in [0.25, 0.3) is 0 Å². The van der Waals surface area contributed by atoms with Crippen molar-refractivity contribution in [1.29, 1.82) is 0 Å². The van der Waals surface area contributed by atoms with Crippen molar-refractivity contribution in [2.75, 3.05) is 0 Å². The van der Waals surface area contributed by atoms with Gasteiger partial charge in [-0.2, -0.15) is 15.0 Å². The quantitative estimate of drug-likeness (QED) is 0.0297. The number of rotatable bonds is 34. The van der Waals surface area contributed by atoms with Crippen LogP contribution in [0.2, 0.25) is 65.9 Å². The average molecular weight is 1690 g/mol. The van der Waals surface area contributed by atoms with Gasteiger partial charge in [-0.25, -0.2) is 8.78 Å². The molecule has 0 N–H and O–H groups in total. The Morgan fingerprint density at radius 3 is 1.10 bits per heavy atom. The molecule has 1 unspecified atom stereocenters. The van der Waals surface area contributed by atoms with Crippen LogP contribution in [0.3, 0.4) is 0 Å². The number of unbranched alkanes of at least 4 members (excludes halogenated alkanes) is 8. The molecule has 9 aromatic rings. The van der Waals surface area contributed by atoms with Gasteiger partial charge in [0.1, 0.15) is 11.0 Å². The van der Waals surface area contributed by atoms with Gasteiger partial charge in [0, 0.05) is 9.75 Å². The van der Waals surface area contributed by atoms with Crippen LogP contribution in [0.25, 0.3) is 73.0 Å². The van der Waals surface area contributed by atoms with Crippen LogP contribution in [0.15, 0.2) is 68.2 Å². The SMILES string of the molecule is CCCCCCCCC(CCCCCC)Cn1nc2c(-c3ccc(Br)s3)c(F)c(F)c(-c3ccc(Br)s3)c2n1.CCC[Si](CCC)(CCC)c1ccc(-c2c3c[c]([Sn]([CH3])([CH3])[CH3])sc3c(-c3ccc([Si](CCC)(CCC)CCC)s3)c3c[c]([Sn]([CH3])([CH3])[CH3])sc23)s1. The molecule has 1 atom stereocenters. The van der Waals surface area contributed by atoms with Gasteiger partial charge in [-0.3, -0.25) is 0 Å². The predicted octanol–water partition coefficient (Wildman–Crippen LogP) is 26.5. The second-order valence-electron chi connectivity index (χ2n) is 27.7. The zero-order valence-corrected chi connectivity index (χ0v) is 72.1. The van der Waals surface area contributed by atoms with Gasteiger partial charge in [-0.05, 0) is 74.9 Å².